The molecule has 0 atom stereocenters. The number of likely N-dealkylation sites (tertiary alicyclic amines) is 1. The fraction of sp³-hybridized carbons (Fsp3) is 0.692. The first kappa shape index (κ1) is 14.8. The van der Waals surface area contributed by atoms with Gasteiger partial charge in [-0.15, -0.1) is 0 Å². The van der Waals surface area contributed by atoms with E-state index in [9.17, 15) is 13.2 Å². The number of aryl methyl sites for hydroxylation is 1. The van der Waals surface area contributed by atoms with Crippen LogP contribution in [0.5, 0.6) is 0 Å². The summed E-state index contributed by atoms with van der Waals surface area (Å²) >= 11 is 1.69. The van der Waals surface area contributed by atoms with Crippen LogP contribution in [0, 0.1) is 6.92 Å². The van der Waals surface area contributed by atoms with E-state index in [1.807, 2.05) is 0 Å². The molecule has 0 amide bonds. The SMILES string of the molecule is Cc1cscc1CNC1CCN(CC(F)(F)F)CC1. The van der Waals surface area contributed by atoms with Crippen LogP contribution in [0.2, 0.25) is 0 Å². The van der Waals surface area contributed by atoms with Gasteiger partial charge in [0, 0.05) is 12.6 Å². The van der Waals surface area contributed by atoms with Crippen LogP contribution in [0.1, 0.15) is 24.0 Å². The van der Waals surface area contributed by atoms with Crippen LogP contribution >= 0.6 is 11.3 Å². The van der Waals surface area contributed by atoms with Gasteiger partial charge in [-0.05, 0) is 54.7 Å². The van der Waals surface area contributed by atoms with Crippen molar-refractivity contribution in [2.24, 2.45) is 0 Å². The number of halogens is 3. The van der Waals surface area contributed by atoms with E-state index in [4.69, 9.17) is 0 Å². The highest BCUT2D eigenvalue weighted by atomic mass is 32.1. The summed E-state index contributed by atoms with van der Waals surface area (Å²) in [6.45, 7) is 3.18. The second-order valence-corrected chi connectivity index (χ2v) is 5.87. The maximum Gasteiger partial charge on any atom is 0.401 e. The third-order valence-corrected chi connectivity index (χ3v) is 4.44. The number of nitrogens with one attached hydrogen (secondary N) is 1. The van der Waals surface area contributed by atoms with Gasteiger partial charge in [0.25, 0.3) is 0 Å². The first-order valence-electron chi connectivity index (χ1n) is 6.48. The number of hydrogen-bond donors (Lipinski definition) is 1. The third-order valence-electron chi connectivity index (χ3n) is 3.53. The van der Waals surface area contributed by atoms with E-state index in [0.29, 0.717) is 19.1 Å². The van der Waals surface area contributed by atoms with Crippen LogP contribution in [0.4, 0.5) is 13.2 Å². The normalized spacial score (nSPS) is 18.9. The number of piperidine rings is 1. The maximum atomic E-state index is 12.3. The third kappa shape index (κ3) is 4.78. The van der Waals surface area contributed by atoms with Gasteiger partial charge in [-0.1, -0.05) is 0 Å². The minimum absolute atomic E-state index is 0.337. The molecule has 1 fully saturated rings. The fourth-order valence-corrected chi connectivity index (χ4v) is 3.23. The molecule has 0 spiro atoms. The lowest BCUT2D eigenvalue weighted by Crippen LogP contribution is -2.45. The van der Waals surface area contributed by atoms with Gasteiger partial charge in [0.15, 0.2) is 0 Å². The predicted octanol–water partition coefficient (Wildman–Crippen LogP) is 3.17. The van der Waals surface area contributed by atoms with Crippen molar-refractivity contribution >= 4 is 11.3 Å². The first-order chi connectivity index (χ1) is 8.94. The number of hydrogen-bond acceptors (Lipinski definition) is 3. The smallest absolute Gasteiger partial charge is 0.310 e. The van der Waals surface area contributed by atoms with Gasteiger partial charge in [-0.2, -0.15) is 24.5 Å². The van der Waals surface area contributed by atoms with Crippen LogP contribution < -0.4 is 5.32 Å². The molecule has 1 aromatic rings. The lowest BCUT2D eigenvalue weighted by atomic mass is 10.0. The number of alkyl halides is 3. The molecule has 1 aliphatic heterocycles. The lowest BCUT2D eigenvalue weighted by molar-refractivity contribution is -0.148. The average molecular weight is 292 g/mol. The van der Waals surface area contributed by atoms with Crippen molar-refractivity contribution in [1.29, 1.82) is 0 Å². The van der Waals surface area contributed by atoms with E-state index >= 15 is 0 Å². The molecule has 108 valence electrons. The van der Waals surface area contributed by atoms with Crippen LogP contribution in [0.25, 0.3) is 0 Å². The molecule has 6 heteroatoms. The molecule has 2 rings (SSSR count). The zero-order valence-electron chi connectivity index (χ0n) is 11.0. The molecule has 0 saturated carbocycles. The van der Waals surface area contributed by atoms with E-state index < -0.39 is 12.7 Å². The molecular formula is C13H19F3N2S. The minimum atomic E-state index is -4.08. The molecule has 19 heavy (non-hydrogen) atoms. The van der Waals surface area contributed by atoms with Gasteiger partial charge < -0.3 is 5.32 Å². The van der Waals surface area contributed by atoms with Gasteiger partial charge in [0.05, 0.1) is 6.54 Å². The quantitative estimate of drug-likeness (QED) is 0.917. The Labute approximate surface area is 115 Å². The average Bonchev–Trinajstić information content (AvgIpc) is 2.72. The molecule has 0 unspecified atom stereocenters. The highest BCUT2D eigenvalue weighted by Gasteiger charge is 2.32. The Kier molecular flexibility index (Phi) is 4.86. The summed E-state index contributed by atoms with van der Waals surface area (Å²) in [6.07, 6.45) is -2.49. The Balaban J connectivity index is 1.70. The Hall–Kier alpha value is -0.590. The highest BCUT2D eigenvalue weighted by Crippen LogP contribution is 2.20. The predicted molar refractivity (Wildman–Crippen MR) is 71.4 cm³/mol. The topological polar surface area (TPSA) is 15.3 Å². The monoisotopic (exact) mass is 292 g/mol. The van der Waals surface area contributed by atoms with Crippen molar-refractivity contribution < 1.29 is 13.2 Å². The van der Waals surface area contributed by atoms with Gasteiger partial charge in [-0.3, -0.25) is 4.90 Å². The van der Waals surface area contributed by atoms with Gasteiger partial charge in [0.2, 0.25) is 0 Å². The zero-order chi connectivity index (χ0) is 13.9. The van der Waals surface area contributed by atoms with Crippen molar-refractivity contribution in [3.05, 3.63) is 21.9 Å². The van der Waals surface area contributed by atoms with Gasteiger partial charge >= 0.3 is 6.18 Å². The Bertz CT molecular complexity index is 395. The molecule has 1 saturated heterocycles. The molecule has 2 heterocycles. The van der Waals surface area contributed by atoms with E-state index in [0.717, 1.165) is 19.4 Å². The molecule has 2 nitrogen and oxygen atoms in total. The van der Waals surface area contributed by atoms with E-state index in [1.165, 1.54) is 16.0 Å². The lowest BCUT2D eigenvalue weighted by Gasteiger charge is -2.32. The molecule has 0 aliphatic carbocycles. The maximum absolute atomic E-state index is 12.3. The molecule has 0 radical (unpaired) electrons. The fourth-order valence-electron chi connectivity index (χ4n) is 2.37. The minimum Gasteiger partial charge on any atom is -0.310 e. The van der Waals surface area contributed by atoms with Gasteiger partial charge in [-0.25, -0.2) is 0 Å². The van der Waals surface area contributed by atoms with E-state index in [1.54, 1.807) is 11.3 Å². The standard InChI is InChI=1S/C13H19F3N2S/c1-10-7-19-8-11(10)6-17-12-2-4-18(5-3-12)9-13(14,15)16/h7-8,12,17H,2-6,9H2,1H3. The molecule has 1 N–H and O–H groups in total. The van der Waals surface area contributed by atoms with Crippen LogP contribution in [-0.4, -0.2) is 36.8 Å². The van der Waals surface area contributed by atoms with E-state index in [2.05, 4.69) is 23.0 Å². The van der Waals surface area contributed by atoms with Crippen LogP contribution in [0.3, 0.4) is 0 Å². The molecular weight excluding hydrogens is 273 g/mol. The molecule has 0 bridgehead atoms. The first-order valence-corrected chi connectivity index (χ1v) is 7.42. The Morgan fingerprint density at radius 3 is 2.53 bits per heavy atom. The van der Waals surface area contributed by atoms with Crippen molar-refractivity contribution in [2.45, 2.75) is 38.5 Å². The summed E-state index contributed by atoms with van der Waals surface area (Å²) < 4.78 is 36.8. The molecule has 1 aromatic heterocycles. The molecule has 0 aromatic carbocycles. The largest absolute Gasteiger partial charge is 0.401 e. The zero-order valence-corrected chi connectivity index (χ0v) is 11.8. The number of thiophene rings is 1. The Morgan fingerprint density at radius 2 is 2.00 bits per heavy atom. The number of rotatable bonds is 4. The van der Waals surface area contributed by atoms with Crippen molar-refractivity contribution in [1.82, 2.24) is 10.2 Å². The second kappa shape index (κ2) is 6.24. The number of nitrogens with zero attached hydrogens (tertiary/aromatic N) is 1. The van der Waals surface area contributed by atoms with Crippen molar-refractivity contribution in [2.75, 3.05) is 19.6 Å². The Morgan fingerprint density at radius 1 is 1.32 bits per heavy atom. The van der Waals surface area contributed by atoms with Crippen molar-refractivity contribution in [3.63, 3.8) is 0 Å². The van der Waals surface area contributed by atoms with Crippen LogP contribution in [0.15, 0.2) is 10.8 Å². The second-order valence-electron chi connectivity index (χ2n) is 5.13. The summed E-state index contributed by atoms with van der Waals surface area (Å²) in [5.74, 6) is 0. The van der Waals surface area contributed by atoms with E-state index in [-0.39, 0.29) is 0 Å². The molecule has 1 aliphatic rings. The van der Waals surface area contributed by atoms with Crippen molar-refractivity contribution in [3.8, 4) is 0 Å². The van der Waals surface area contributed by atoms with Gasteiger partial charge in [0.1, 0.15) is 0 Å². The highest BCUT2D eigenvalue weighted by molar-refractivity contribution is 7.08. The summed E-state index contributed by atoms with van der Waals surface area (Å²) in [4.78, 5) is 1.49. The summed E-state index contributed by atoms with van der Waals surface area (Å²) in [6, 6.07) is 0.337. The summed E-state index contributed by atoms with van der Waals surface area (Å²) in [7, 11) is 0. The van der Waals surface area contributed by atoms with Crippen LogP contribution in [-0.2, 0) is 6.54 Å². The summed E-state index contributed by atoms with van der Waals surface area (Å²) in [5, 5.41) is 7.69. The summed E-state index contributed by atoms with van der Waals surface area (Å²) in [5.41, 5.74) is 2.58.